The molecule has 8 rings (SSSR count). The fourth-order valence-corrected chi connectivity index (χ4v) is 9.03. The average molecular weight is 970 g/mol. The molecule has 6 aromatic rings. The summed E-state index contributed by atoms with van der Waals surface area (Å²) in [4.78, 5) is 81.9. The predicted octanol–water partition coefficient (Wildman–Crippen LogP) is 5.72. The van der Waals surface area contributed by atoms with Gasteiger partial charge in [0.05, 0.1) is 34.2 Å². The monoisotopic (exact) mass is 968 g/mol. The van der Waals surface area contributed by atoms with E-state index < -0.39 is 47.1 Å². The number of para-hydroxylation sites is 1. The van der Waals surface area contributed by atoms with Gasteiger partial charge in [-0.2, -0.15) is 10.2 Å². The summed E-state index contributed by atoms with van der Waals surface area (Å²) < 4.78 is 33.2. The molecule has 2 aliphatic carbocycles. The first-order valence-corrected chi connectivity index (χ1v) is 22.8. The molecule has 0 bridgehead atoms. The molecule has 0 spiro atoms. The summed E-state index contributed by atoms with van der Waals surface area (Å²) in [5.74, 6) is -4.56. The second-order valence-electron chi connectivity index (χ2n) is 17.4. The summed E-state index contributed by atoms with van der Waals surface area (Å²) in [5.41, 5.74) is 13.0. The zero-order valence-electron chi connectivity index (χ0n) is 37.1. The number of fused-ring (bicyclic) bond motifs is 2. The Labute approximate surface area is 398 Å². The van der Waals surface area contributed by atoms with Gasteiger partial charge >= 0.3 is 0 Å². The number of nitrogens with zero attached hydrogens (tertiary/aromatic N) is 6. The number of benzene rings is 4. The molecule has 2 atom stereocenters. The van der Waals surface area contributed by atoms with Crippen molar-refractivity contribution in [3.63, 3.8) is 0 Å². The van der Waals surface area contributed by atoms with Crippen LogP contribution in [0, 0.1) is 23.5 Å². The van der Waals surface area contributed by atoms with Gasteiger partial charge in [0.25, 0.3) is 11.8 Å². The van der Waals surface area contributed by atoms with Crippen molar-refractivity contribution in [3.05, 3.63) is 117 Å². The molecule has 2 heterocycles. The SMILES string of the molecule is C[C@H](C1CC1)N(CC(=O)NCc1ccc(-c2ccc3c(c2)c(C(N)=O)nn3CC(=O)N(CC(=O)NCc2cccc(Cl)c2F)[C@@H](C)C2CC2)c(Cl)c1F)C(=O)Cn1nc(C(N)=O)c2ccccc21. The average Bonchev–Trinajstić information content (AvgIpc) is 4.27. The van der Waals surface area contributed by atoms with Crippen molar-refractivity contribution in [3.8, 4) is 11.1 Å². The first-order chi connectivity index (χ1) is 32.5. The van der Waals surface area contributed by atoms with Crippen LogP contribution in [0.1, 0.15) is 71.6 Å². The molecule has 2 aliphatic rings. The molecular formula is C48H48Cl2F2N10O6. The van der Waals surface area contributed by atoms with E-state index in [2.05, 4.69) is 20.8 Å². The zero-order chi connectivity index (χ0) is 48.6. The summed E-state index contributed by atoms with van der Waals surface area (Å²) >= 11 is 12.5. The van der Waals surface area contributed by atoms with Crippen LogP contribution in [0.4, 0.5) is 8.78 Å². The van der Waals surface area contributed by atoms with Crippen LogP contribution in [0.15, 0.2) is 72.8 Å². The van der Waals surface area contributed by atoms with E-state index in [0.29, 0.717) is 22.0 Å². The van der Waals surface area contributed by atoms with E-state index in [1.54, 1.807) is 54.6 Å². The smallest absolute Gasteiger partial charge is 0.269 e. The van der Waals surface area contributed by atoms with Gasteiger partial charge in [-0.15, -0.1) is 0 Å². The molecule has 6 N–H and O–H groups in total. The molecule has 354 valence electrons. The molecule has 0 unspecified atom stereocenters. The Morgan fingerprint density at radius 2 is 1.19 bits per heavy atom. The zero-order valence-corrected chi connectivity index (χ0v) is 38.6. The Morgan fingerprint density at radius 3 is 1.74 bits per heavy atom. The lowest BCUT2D eigenvalue weighted by molar-refractivity contribution is -0.139. The third-order valence-electron chi connectivity index (χ3n) is 12.8. The van der Waals surface area contributed by atoms with E-state index in [1.165, 1.54) is 37.4 Å². The minimum Gasteiger partial charge on any atom is -0.364 e. The first-order valence-electron chi connectivity index (χ1n) is 22.1. The molecule has 6 amide bonds. The van der Waals surface area contributed by atoms with Gasteiger partial charge in [0.1, 0.15) is 24.7 Å². The molecular weight excluding hydrogens is 921 g/mol. The molecule has 68 heavy (non-hydrogen) atoms. The van der Waals surface area contributed by atoms with E-state index in [0.717, 1.165) is 25.7 Å². The summed E-state index contributed by atoms with van der Waals surface area (Å²) in [6.45, 7) is 2.13. The number of primary amides is 2. The number of nitrogens with one attached hydrogen (secondary N) is 2. The Hall–Kier alpha value is -6.92. The fourth-order valence-electron chi connectivity index (χ4n) is 8.54. The van der Waals surface area contributed by atoms with Crippen LogP contribution in [0.3, 0.4) is 0 Å². The number of hydrogen-bond donors (Lipinski definition) is 4. The topological polar surface area (TPSA) is 221 Å². The maximum Gasteiger partial charge on any atom is 0.269 e. The number of hydrogen-bond acceptors (Lipinski definition) is 8. The predicted molar refractivity (Wildman–Crippen MR) is 250 cm³/mol. The molecule has 4 aromatic carbocycles. The second kappa shape index (κ2) is 19.7. The van der Waals surface area contributed by atoms with Crippen LogP contribution in [-0.2, 0) is 45.4 Å². The third-order valence-corrected chi connectivity index (χ3v) is 13.4. The van der Waals surface area contributed by atoms with Crippen molar-refractivity contribution in [1.82, 2.24) is 40.0 Å². The van der Waals surface area contributed by atoms with Crippen molar-refractivity contribution < 1.29 is 37.5 Å². The largest absolute Gasteiger partial charge is 0.364 e. The molecule has 2 aromatic heterocycles. The highest BCUT2D eigenvalue weighted by molar-refractivity contribution is 6.33. The highest BCUT2D eigenvalue weighted by Gasteiger charge is 2.37. The number of nitrogens with two attached hydrogens (primary N) is 2. The second-order valence-corrected chi connectivity index (χ2v) is 18.1. The van der Waals surface area contributed by atoms with E-state index in [1.807, 2.05) is 13.8 Å². The van der Waals surface area contributed by atoms with Crippen molar-refractivity contribution in [2.75, 3.05) is 13.1 Å². The lowest BCUT2D eigenvalue weighted by Crippen LogP contribution is -2.47. The normalized spacial score (nSPS) is 14.4. The molecule has 2 fully saturated rings. The van der Waals surface area contributed by atoms with Crippen LogP contribution in [0.2, 0.25) is 10.0 Å². The van der Waals surface area contributed by atoms with Crippen molar-refractivity contribution in [2.45, 2.75) is 77.8 Å². The Balaban J connectivity index is 0.949. The lowest BCUT2D eigenvalue weighted by Gasteiger charge is -2.29. The van der Waals surface area contributed by atoms with Crippen LogP contribution in [0.5, 0.6) is 0 Å². The van der Waals surface area contributed by atoms with Gasteiger partial charge in [0, 0.05) is 52.6 Å². The maximum absolute atomic E-state index is 16.0. The first kappa shape index (κ1) is 47.6. The number of halogens is 4. The van der Waals surface area contributed by atoms with E-state index in [9.17, 15) is 33.2 Å². The molecule has 0 radical (unpaired) electrons. The molecule has 2 saturated carbocycles. The summed E-state index contributed by atoms with van der Waals surface area (Å²) in [6.07, 6.45) is 3.56. The van der Waals surface area contributed by atoms with Crippen molar-refractivity contribution in [1.29, 1.82) is 0 Å². The van der Waals surface area contributed by atoms with E-state index in [4.69, 9.17) is 34.7 Å². The Morgan fingerprint density at radius 1 is 0.676 bits per heavy atom. The highest BCUT2D eigenvalue weighted by atomic mass is 35.5. The number of carbonyl (C=O) groups is 6. The minimum atomic E-state index is -0.878. The van der Waals surface area contributed by atoms with Crippen LogP contribution >= 0.6 is 23.2 Å². The van der Waals surface area contributed by atoms with Gasteiger partial charge in [-0.3, -0.25) is 38.1 Å². The van der Waals surface area contributed by atoms with Gasteiger partial charge in [-0.25, -0.2) is 8.78 Å². The highest BCUT2D eigenvalue weighted by Crippen LogP contribution is 2.37. The fraction of sp³-hybridized carbons (Fsp3) is 0.333. The van der Waals surface area contributed by atoms with Gasteiger partial charge in [-0.1, -0.05) is 71.7 Å². The summed E-state index contributed by atoms with van der Waals surface area (Å²) in [5, 5.41) is 14.5. The quantitative estimate of drug-likeness (QED) is 0.0785. The molecule has 0 aliphatic heterocycles. The van der Waals surface area contributed by atoms with Crippen molar-refractivity contribution >= 4 is 80.5 Å². The van der Waals surface area contributed by atoms with Crippen LogP contribution in [-0.4, -0.2) is 90.0 Å². The van der Waals surface area contributed by atoms with Crippen molar-refractivity contribution in [2.24, 2.45) is 23.3 Å². The minimum absolute atomic E-state index is 0.0326. The van der Waals surface area contributed by atoms with Gasteiger partial charge in [-0.05, 0) is 81.2 Å². The summed E-state index contributed by atoms with van der Waals surface area (Å²) in [7, 11) is 0. The van der Waals surface area contributed by atoms with Gasteiger partial charge in [0.2, 0.25) is 23.6 Å². The standard InChI is InChI=1S/C48H48Cl2F2N10O6/c1-25(27-10-11-27)59(40(65)23-61-36-9-4-3-7-33(36)45(57-61)47(53)67)22-39(64)56-20-31-14-16-32(42(50)44(31)52)29-15-17-37-34(18-29)46(48(54)68)58-62(37)24-41(66)60(26(2)28-12-13-28)21-38(63)55-19-30-6-5-8-35(49)43(30)51/h3-9,14-18,25-28H,10-13,19-24H2,1-2H3,(H2,53,67)(H2,54,68)(H,55,63)(H,56,64)/t25-,26+/m1/s1. The molecule has 16 nitrogen and oxygen atoms in total. The molecule has 20 heteroatoms. The Bertz CT molecular complexity index is 3010. The van der Waals surface area contributed by atoms with Crippen LogP contribution in [0.25, 0.3) is 32.9 Å². The van der Waals surface area contributed by atoms with Gasteiger partial charge < -0.3 is 31.9 Å². The molecule has 0 saturated heterocycles. The van der Waals surface area contributed by atoms with Gasteiger partial charge in [0.15, 0.2) is 11.4 Å². The number of amides is 6. The lowest BCUT2D eigenvalue weighted by atomic mass is 10.0. The number of rotatable bonds is 19. The third kappa shape index (κ3) is 10.2. The summed E-state index contributed by atoms with van der Waals surface area (Å²) in [6, 6.07) is 18.6. The van der Waals surface area contributed by atoms with Crippen LogP contribution < -0.4 is 22.1 Å². The number of aromatic nitrogens is 4. The van der Waals surface area contributed by atoms with E-state index >= 15 is 4.39 Å². The Kier molecular flexibility index (Phi) is 13.8. The number of carbonyl (C=O) groups excluding carboxylic acids is 6. The maximum atomic E-state index is 16.0. The van der Waals surface area contributed by atoms with E-state index in [-0.39, 0.29) is 107 Å².